The fourth-order valence-corrected chi connectivity index (χ4v) is 4.79. The smallest absolute Gasteiger partial charge is 0.416 e. The molecule has 14 heteroatoms. The predicted molar refractivity (Wildman–Crippen MR) is 159 cm³/mol. The molecule has 2 heterocycles. The summed E-state index contributed by atoms with van der Waals surface area (Å²) in [6.07, 6.45) is -3.26. The molecular formula is C31H29F4N5O5. The van der Waals surface area contributed by atoms with Crippen LogP contribution in [0.3, 0.4) is 0 Å². The number of ether oxygens (including phenoxy) is 3. The molecule has 5 rings (SSSR count). The topological polar surface area (TPSA) is 105 Å². The second-order valence-electron chi connectivity index (χ2n) is 10.2. The number of alkyl halides is 3. The van der Waals surface area contributed by atoms with Gasteiger partial charge in [-0.15, -0.1) is 0 Å². The van der Waals surface area contributed by atoms with Gasteiger partial charge in [-0.05, 0) is 49.5 Å². The third kappa shape index (κ3) is 7.17. The third-order valence-corrected chi connectivity index (χ3v) is 7.18. The highest BCUT2D eigenvalue weighted by Crippen LogP contribution is 2.37. The van der Waals surface area contributed by atoms with E-state index in [0.29, 0.717) is 60.4 Å². The van der Waals surface area contributed by atoms with Gasteiger partial charge in [-0.2, -0.15) is 13.2 Å². The van der Waals surface area contributed by atoms with Crippen molar-refractivity contribution >= 4 is 34.2 Å². The van der Waals surface area contributed by atoms with E-state index in [1.165, 1.54) is 37.4 Å². The van der Waals surface area contributed by atoms with Gasteiger partial charge in [-0.3, -0.25) is 9.78 Å². The Labute approximate surface area is 255 Å². The predicted octanol–water partition coefficient (Wildman–Crippen LogP) is 6.23. The minimum atomic E-state index is -4.77. The number of amides is 3. The van der Waals surface area contributed by atoms with Crippen molar-refractivity contribution < 1.29 is 41.4 Å². The van der Waals surface area contributed by atoms with Gasteiger partial charge < -0.3 is 34.6 Å². The van der Waals surface area contributed by atoms with Crippen molar-refractivity contribution in [2.75, 3.05) is 58.1 Å². The van der Waals surface area contributed by atoms with Gasteiger partial charge in [-0.1, -0.05) is 0 Å². The number of pyridine rings is 1. The number of anilines is 2. The Kier molecular flexibility index (Phi) is 8.95. The van der Waals surface area contributed by atoms with E-state index in [1.54, 1.807) is 18.2 Å². The highest BCUT2D eigenvalue weighted by molar-refractivity contribution is 6.01. The molecule has 2 N–H and O–H groups in total. The zero-order chi connectivity index (χ0) is 32.3. The number of hydrogen-bond acceptors (Lipinski definition) is 7. The SMILES string of the molecule is COc1cc2nccc(Oc3ccc(NC(=O)Nc4cc(C(=O)N5CCN(C)CC5)cc(C(F)(F)F)c4)c(F)c3)c2cc1OC. The number of aromatic nitrogens is 1. The molecule has 0 bridgehead atoms. The van der Waals surface area contributed by atoms with Crippen LogP contribution in [0.4, 0.5) is 33.7 Å². The molecule has 10 nitrogen and oxygen atoms in total. The second-order valence-corrected chi connectivity index (χ2v) is 10.2. The van der Waals surface area contributed by atoms with Crippen LogP contribution in [0.25, 0.3) is 10.9 Å². The number of rotatable bonds is 7. The van der Waals surface area contributed by atoms with Crippen LogP contribution in [0.1, 0.15) is 15.9 Å². The van der Waals surface area contributed by atoms with E-state index < -0.39 is 29.5 Å². The van der Waals surface area contributed by atoms with E-state index in [9.17, 15) is 22.8 Å². The Morgan fingerprint density at radius 3 is 2.24 bits per heavy atom. The number of likely N-dealkylation sites (N-methyl/N-ethyl adjacent to an activating group) is 1. The van der Waals surface area contributed by atoms with Crippen LogP contribution in [0.15, 0.2) is 60.8 Å². The molecule has 0 unspecified atom stereocenters. The normalized spacial score (nSPS) is 13.8. The molecule has 1 aliphatic heterocycles. The Balaban J connectivity index is 1.32. The number of carbonyl (C=O) groups is 2. The monoisotopic (exact) mass is 627 g/mol. The van der Waals surface area contributed by atoms with Gasteiger partial charge in [-0.25, -0.2) is 9.18 Å². The summed E-state index contributed by atoms with van der Waals surface area (Å²) < 4.78 is 72.5. The summed E-state index contributed by atoms with van der Waals surface area (Å²) >= 11 is 0. The van der Waals surface area contributed by atoms with Gasteiger partial charge in [0.1, 0.15) is 17.3 Å². The van der Waals surface area contributed by atoms with Crippen molar-refractivity contribution in [2.24, 2.45) is 0 Å². The third-order valence-electron chi connectivity index (χ3n) is 7.18. The number of fused-ring (bicyclic) bond motifs is 1. The maximum Gasteiger partial charge on any atom is 0.416 e. The molecule has 1 aromatic heterocycles. The summed E-state index contributed by atoms with van der Waals surface area (Å²) in [5, 5.41) is 5.13. The van der Waals surface area contributed by atoms with Gasteiger partial charge in [0.05, 0.1) is 31.0 Å². The molecule has 0 aliphatic carbocycles. The number of carbonyl (C=O) groups excluding carboxylic acids is 2. The average molecular weight is 628 g/mol. The van der Waals surface area contributed by atoms with Gasteiger partial charge in [0.15, 0.2) is 11.5 Å². The van der Waals surface area contributed by atoms with E-state index >= 15 is 4.39 Å². The maximum atomic E-state index is 15.0. The maximum absolute atomic E-state index is 15.0. The van der Waals surface area contributed by atoms with Crippen LogP contribution in [0, 0.1) is 5.82 Å². The molecule has 0 spiro atoms. The lowest BCUT2D eigenvalue weighted by molar-refractivity contribution is -0.137. The van der Waals surface area contributed by atoms with E-state index in [2.05, 4.69) is 15.6 Å². The number of hydrogen-bond donors (Lipinski definition) is 2. The van der Waals surface area contributed by atoms with Crippen molar-refractivity contribution in [3.63, 3.8) is 0 Å². The van der Waals surface area contributed by atoms with Gasteiger partial charge >= 0.3 is 12.2 Å². The van der Waals surface area contributed by atoms with Crippen LogP contribution in [-0.4, -0.2) is 74.2 Å². The van der Waals surface area contributed by atoms with E-state index in [4.69, 9.17) is 14.2 Å². The molecule has 236 valence electrons. The van der Waals surface area contributed by atoms with Crippen molar-refractivity contribution in [1.29, 1.82) is 0 Å². The van der Waals surface area contributed by atoms with Crippen LogP contribution >= 0.6 is 0 Å². The molecule has 45 heavy (non-hydrogen) atoms. The lowest BCUT2D eigenvalue weighted by atomic mass is 10.1. The Hall–Kier alpha value is -5.11. The summed E-state index contributed by atoms with van der Waals surface area (Å²) in [5.41, 5.74) is -1.32. The second kappa shape index (κ2) is 12.9. The zero-order valence-electron chi connectivity index (χ0n) is 24.5. The fourth-order valence-electron chi connectivity index (χ4n) is 4.79. The molecule has 0 saturated carbocycles. The summed E-state index contributed by atoms with van der Waals surface area (Å²) in [5.74, 6) is -0.0846. The van der Waals surface area contributed by atoms with Crippen molar-refractivity contribution in [3.8, 4) is 23.0 Å². The van der Waals surface area contributed by atoms with Crippen molar-refractivity contribution in [2.45, 2.75) is 6.18 Å². The molecule has 1 saturated heterocycles. The van der Waals surface area contributed by atoms with Crippen molar-refractivity contribution in [1.82, 2.24) is 14.8 Å². The molecule has 0 atom stereocenters. The lowest BCUT2D eigenvalue weighted by Crippen LogP contribution is -2.47. The number of methoxy groups -OCH3 is 2. The minimum absolute atomic E-state index is 0.102. The first kappa shape index (κ1) is 31.3. The molecule has 0 radical (unpaired) electrons. The first-order chi connectivity index (χ1) is 21.4. The van der Waals surface area contributed by atoms with E-state index in [1.807, 2.05) is 11.9 Å². The first-order valence-electron chi connectivity index (χ1n) is 13.7. The molecule has 3 amide bonds. The highest BCUT2D eigenvalue weighted by atomic mass is 19.4. The Bertz CT molecular complexity index is 1740. The summed E-state index contributed by atoms with van der Waals surface area (Å²) in [4.78, 5) is 33.5. The number of benzene rings is 3. The lowest BCUT2D eigenvalue weighted by Gasteiger charge is -2.32. The Morgan fingerprint density at radius 1 is 0.867 bits per heavy atom. The highest BCUT2D eigenvalue weighted by Gasteiger charge is 2.33. The molecule has 1 fully saturated rings. The number of piperazine rings is 1. The standard InChI is InChI=1S/C31H29F4N5O5/c1-39-8-10-40(11-9-39)29(41)18-12-19(31(33,34)35)14-20(13-18)37-30(42)38-24-5-4-21(15-23(24)32)45-26-6-7-36-25-17-28(44-3)27(43-2)16-22(25)26/h4-7,12-17H,8-11H2,1-3H3,(H2,37,38,42). The van der Waals surface area contributed by atoms with Gasteiger partial charge in [0, 0.05) is 61.1 Å². The van der Waals surface area contributed by atoms with Crippen LogP contribution in [0.5, 0.6) is 23.0 Å². The number of urea groups is 1. The van der Waals surface area contributed by atoms with Gasteiger partial charge in [0.25, 0.3) is 5.91 Å². The van der Waals surface area contributed by atoms with Crippen LogP contribution < -0.4 is 24.8 Å². The zero-order valence-corrected chi connectivity index (χ0v) is 24.5. The van der Waals surface area contributed by atoms with E-state index in [-0.39, 0.29) is 22.7 Å². The fraction of sp³-hybridized carbons (Fsp3) is 0.258. The molecule has 3 aromatic carbocycles. The Morgan fingerprint density at radius 2 is 1.58 bits per heavy atom. The largest absolute Gasteiger partial charge is 0.493 e. The minimum Gasteiger partial charge on any atom is -0.493 e. The first-order valence-corrected chi connectivity index (χ1v) is 13.7. The van der Waals surface area contributed by atoms with Crippen molar-refractivity contribution in [3.05, 3.63) is 77.7 Å². The quantitative estimate of drug-likeness (QED) is 0.234. The average Bonchev–Trinajstić information content (AvgIpc) is 3.01. The summed E-state index contributed by atoms with van der Waals surface area (Å²) in [6, 6.07) is 10.2. The summed E-state index contributed by atoms with van der Waals surface area (Å²) in [6.45, 7) is 1.87. The molecule has 4 aromatic rings. The molecule has 1 aliphatic rings. The number of halogens is 4. The molecular weight excluding hydrogens is 598 g/mol. The van der Waals surface area contributed by atoms with Crippen LogP contribution in [0.2, 0.25) is 0 Å². The number of nitrogens with zero attached hydrogens (tertiary/aromatic N) is 3. The summed E-state index contributed by atoms with van der Waals surface area (Å²) in [7, 11) is 4.86. The number of nitrogens with one attached hydrogen (secondary N) is 2. The van der Waals surface area contributed by atoms with Crippen LogP contribution in [-0.2, 0) is 6.18 Å². The van der Waals surface area contributed by atoms with Gasteiger partial charge in [0.2, 0.25) is 0 Å². The van der Waals surface area contributed by atoms with E-state index in [0.717, 1.165) is 18.2 Å².